The van der Waals surface area contributed by atoms with Crippen LogP contribution in [0.5, 0.6) is 5.88 Å². The second-order valence-electron chi connectivity index (χ2n) is 7.56. The Kier molecular flexibility index (Phi) is 4.81. The molecule has 3 aromatic heterocycles. The van der Waals surface area contributed by atoms with Crippen LogP contribution in [-0.4, -0.2) is 38.1 Å². The number of aromatic nitrogens is 4. The summed E-state index contributed by atoms with van der Waals surface area (Å²) in [5.41, 5.74) is 9.32. The maximum absolute atomic E-state index is 13.9. The number of rotatable bonds is 1. The minimum Gasteiger partial charge on any atom is -0.473 e. The van der Waals surface area contributed by atoms with Gasteiger partial charge in [0.2, 0.25) is 5.88 Å². The summed E-state index contributed by atoms with van der Waals surface area (Å²) < 4.78 is 21.3. The van der Waals surface area contributed by atoms with Crippen molar-refractivity contribution in [3.63, 3.8) is 0 Å². The number of nitrogens with one attached hydrogen (secondary N) is 2. The molecule has 1 amide bonds. The van der Waals surface area contributed by atoms with Crippen molar-refractivity contribution >= 4 is 23.1 Å². The predicted molar refractivity (Wildman–Crippen MR) is 117 cm³/mol. The lowest BCUT2D eigenvalue weighted by molar-refractivity contribution is 0.0932. The first-order valence-corrected chi connectivity index (χ1v) is 10.1. The summed E-state index contributed by atoms with van der Waals surface area (Å²) in [6.07, 6.45) is 3.98. The van der Waals surface area contributed by atoms with E-state index in [1.807, 2.05) is 12.1 Å². The molecule has 1 atom stereocenters. The molecule has 162 valence electrons. The van der Waals surface area contributed by atoms with Gasteiger partial charge in [0.05, 0.1) is 18.9 Å². The molecule has 10 heteroatoms. The van der Waals surface area contributed by atoms with Gasteiger partial charge in [-0.1, -0.05) is 12.1 Å². The van der Waals surface area contributed by atoms with Gasteiger partial charge in [0.1, 0.15) is 23.3 Å². The molecule has 0 unspecified atom stereocenters. The highest BCUT2D eigenvalue weighted by Gasteiger charge is 2.20. The number of hydrogen-bond donors (Lipinski definition) is 3. The van der Waals surface area contributed by atoms with E-state index in [9.17, 15) is 9.18 Å². The molecule has 0 saturated carbocycles. The number of benzene rings is 1. The number of anilines is 2. The van der Waals surface area contributed by atoms with Gasteiger partial charge >= 0.3 is 0 Å². The zero-order chi connectivity index (χ0) is 22.2. The van der Waals surface area contributed by atoms with E-state index in [1.165, 1.54) is 12.3 Å². The topological polar surface area (TPSA) is 119 Å². The Bertz CT molecular complexity index is 1320. The highest BCUT2D eigenvalue weighted by Crippen LogP contribution is 2.30. The summed E-state index contributed by atoms with van der Waals surface area (Å²) >= 11 is 0. The number of ether oxygens (including phenoxy) is 1. The monoisotopic (exact) mass is 433 g/mol. The van der Waals surface area contributed by atoms with E-state index in [2.05, 4.69) is 25.7 Å². The third-order valence-corrected chi connectivity index (χ3v) is 5.16. The fourth-order valence-corrected chi connectivity index (χ4v) is 3.52. The van der Waals surface area contributed by atoms with Gasteiger partial charge in [-0.2, -0.15) is 5.10 Å². The lowest BCUT2D eigenvalue weighted by atomic mass is 10.1. The number of carbonyl (C=O) groups excluding carboxylic acids is 1. The number of nitrogen functional groups attached to an aromatic ring is 1. The van der Waals surface area contributed by atoms with Gasteiger partial charge in [0.15, 0.2) is 5.65 Å². The number of amides is 1. The molecule has 1 aromatic carbocycles. The fourth-order valence-electron chi connectivity index (χ4n) is 3.52. The smallest absolute Gasteiger partial charge is 0.256 e. The Hall–Kier alpha value is -4.21. The van der Waals surface area contributed by atoms with Crippen LogP contribution >= 0.6 is 0 Å². The zero-order valence-corrected chi connectivity index (χ0v) is 17.2. The van der Waals surface area contributed by atoms with E-state index in [1.54, 1.807) is 29.8 Å². The largest absolute Gasteiger partial charge is 0.473 e. The van der Waals surface area contributed by atoms with Crippen LogP contribution in [0.2, 0.25) is 0 Å². The highest BCUT2D eigenvalue weighted by molar-refractivity contribution is 6.00. The van der Waals surface area contributed by atoms with Crippen molar-refractivity contribution in [2.45, 2.75) is 19.6 Å². The summed E-state index contributed by atoms with van der Waals surface area (Å²) in [6.45, 7) is 2.24. The highest BCUT2D eigenvalue weighted by atomic mass is 19.1. The third kappa shape index (κ3) is 3.66. The zero-order valence-electron chi connectivity index (χ0n) is 17.2. The van der Waals surface area contributed by atoms with E-state index < -0.39 is 5.82 Å². The summed E-state index contributed by atoms with van der Waals surface area (Å²) in [7, 11) is 0. The second-order valence-corrected chi connectivity index (χ2v) is 7.56. The van der Waals surface area contributed by atoms with Crippen molar-refractivity contribution in [1.82, 2.24) is 24.9 Å². The average Bonchev–Trinajstić information content (AvgIpc) is 3.20. The van der Waals surface area contributed by atoms with Crippen LogP contribution in [0.3, 0.4) is 0 Å². The van der Waals surface area contributed by atoms with E-state index >= 15 is 0 Å². The maximum atomic E-state index is 13.9. The molecule has 0 radical (unpaired) electrons. The molecule has 4 aromatic rings. The quantitative estimate of drug-likeness (QED) is 0.395. The molecule has 5 rings (SSSR count). The standard InChI is InChI=1S/C22H20FN7O2/c1-12-7-26-21(31)17-10-28-30-11-18(13-2-4-16(24)5-3-13)19(29-20(17)30)25-8-14-6-15(23)9-27-22(14)32-12/h2-6,9-12H,7-8,24H2,1H3,(H,25,29)(H,26,31)/t12-/m0/s1. The van der Waals surface area contributed by atoms with Gasteiger partial charge < -0.3 is 21.1 Å². The van der Waals surface area contributed by atoms with Crippen molar-refractivity contribution in [3.8, 4) is 17.0 Å². The van der Waals surface area contributed by atoms with E-state index in [4.69, 9.17) is 10.5 Å². The number of fused-ring (bicyclic) bond motifs is 2. The van der Waals surface area contributed by atoms with Gasteiger partial charge in [-0.05, 0) is 30.7 Å². The Morgan fingerprint density at radius 2 is 2.00 bits per heavy atom. The van der Waals surface area contributed by atoms with Crippen LogP contribution in [-0.2, 0) is 6.54 Å². The average molecular weight is 433 g/mol. The number of pyridine rings is 1. The number of nitrogens with zero attached hydrogens (tertiary/aromatic N) is 4. The number of carbonyl (C=O) groups is 1. The minimum atomic E-state index is -0.473. The second kappa shape index (κ2) is 7.80. The van der Waals surface area contributed by atoms with Gasteiger partial charge in [-0.15, -0.1) is 0 Å². The molecule has 4 heterocycles. The van der Waals surface area contributed by atoms with Gasteiger partial charge in [-0.25, -0.2) is 18.9 Å². The van der Waals surface area contributed by atoms with E-state index in [0.29, 0.717) is 28.3 Å². The Labute approximate surface area is 182 Å². The van der Waals surface area contributed by atoms with Crippen molar-refractivity contribution in [2.75, 3.05) is 17.6 Å². The third-order valence-electron chi connectivity index (χ3n) is 5.16. The molecule has 0 spiro atoms. The number of nitrogens with two attached hydrogens (primary N) is 1. The van der Waals surface area contributed by atoms with Gasteiger partial charge in [0.25, 0.3) is 5.91 Å². The summed E-state index contributed by atoms with van der Waals surface area (Å²) in [5, 5.41) is 10.4. The van der Waals surface area contributed by atoms with Crippen LogP contribution < -0.4 is 21.1 Å². The molecule has 2 bridgehead atoms. The van der Waals surface area contributed by atoms with Gasteiger partial charge in [-0.3, -0.25) is 4.79 Å². The van der Waals surface area contributed by atoms with Crippen molar-refractivity contribution in [3.05, 3.63) is 65.9 Å². The van der Waals surface area contributed by atoms with Crippen molar-refractivity contribution in [1.29, 1.82) is 0 Å². The molecule has 0 fully saturated rings. The van der Waals surface area contributed by atoms with Crippen LogP contribution in [0.25, 0.3) is 16.8 Å². The normalized spacial score (nSPS) is 16.2. The molecule has 4 N–H and O–H groups in total. The first kappa shape index (κ1) is 19.7. The fraction of sp³-hybridized carbons (Fsp3) is 0.182. The summed E-state index contributed by atoms with van der Waals surface area (Å²) in [5.74, 6) is -0.00215. The van der Waals surface area contributed by atoms with Crippen LogP contribution in [0.1, 0.15) is 22.8 Å². The predicted octanol–water partition coefficient (Wildman–Crippen LogP) is 2.64. The Morgan fingerprint density at radius 1 is 1.19 bits per heavy atom. The van der Waals surface area contributed by atoms with Crippen molar-refractivity contribution in [2.24, 2.45) is 0 Å². The lowest BCUT2D eigenvalue weighted by Gasteiger charge is -2.17. The lowest BCUT2D eigenvalue weighted by Crippen LogP contribution is -2.33. The van der Waals surface area contributed by atoms with E-state index in [-0.39, 0.29) is 31.0 Å². The maximum Gasteiger partial charge on any atom is 0.256 e. The first-order chi connectivity index (χ1) is 15.5. The molecule has 9 nitrogen and oxygen atoms in total. The SMILES string of the molecule is C[C@H]1CNC(=O)c2cnn3cc(-c4ccc(N)cc4)c(nc23)NCc2cc(F)cnc2O1. The first-order valence-electron chi connectivity index (χ1n) is 10.1. The molecule has 32 heavy (non-hydrogen) atoms. The van der Waals surface area contributed by atoms with Gasteiger partial charge in [0, 0.05) is 29.6 Å². The number of halogens is 1. The molecular weight excluding hydrogens is 413 g/mol. The van der Waals surface area contributed by atoms with E-state index in [0.717, 1.165) is 17.3 Å². The minimum absolute atomic E-state index is 0.211. The molecule has 0 aliphatic carbocycles. The van der Waals surface area contributed by atoms with Crippen LogP contribution in [0.15, 0.2) is 48.9 Å². The van der Waals surface area contributed by atoms with Crippen LogP contribution in [0.4, 0.5) is 15.9 Å². The molecule has 1 aliphatic rings. The molecule has 1 aliphatic heterocycles. The molecule has 0 saturated heterocycles. The van der Waals surface area contributed by atoms with Crippen LogP contribution in [0, 0.1) is 5.82 Å². The summed E-state index contributed by atoms with van der Waals surface area (Å²) in [4.78, 5) is 21.5. The van der Waals surface area contributed by atoms with Crippen molar-refractivity contribution < 1.29 is 13.9 Å². The summed E-state index contributed by atoms with van der Waals surface area (Å²) in [6, 6.07) is 8.68. The Balaban J connectivity index is 1.66. The Morgan fingerprint density at radius 3 is 2.81 bits per heavy atom. The molecular formula is C22H20FN7O2. The number of hydrogen-bond acceptors (Lipinski definition) is 7.